The molecule has 5 atom stereocenters. The molecule has 5 N–H and O–H groups in total. The quantitative estimate of drug-likeness (QED) is 0.290. The Bertz CT molecular complexity index is 146. The highest BCUT2D eigenvalue weighted by atomic mass is 16.6. The third-order valence-corrected chi connectivity index (χ3v) is 1.87. The minimum absolute atomic E-state index is 0.526. The van der Waals surface area contributed by atoms with Gasteiger partial charge in [0.1, 0.15) is 24.4 Å². The summed E-state index contributed by atoms with van der Waals surface area (Å²) in [6, 6.07) is 0. The van der Waals surface area contributed by atoms with Crippen molar-refractivity contribution in [1.82, 2.24) is 0 Å². The number of aliphatic hydroxyl groups excluding tert-OH is 5. The van der Waals surface area contributed by atoms with Gasteiger partial charge >= 0.3 is 0 Å². The van der Waals surface area contributed by atoms with E-state index in [4.69, 9.17) is 25.5 Å². The first-order valence-electron chi connectivity index (χ1n) is 3.56. The molecule has 0 aromatic heterocycles. The van der Waals surface area contributed by atoms with E-state index in [1.54, 1.807) is 0 Å². The molecule has 72 valence electrons. The molecular weight excluding hydrogens is 168 g/mol. The van der Waals surface area contributed by atoms with Gasteiger partial charge in [-0.2, -0.15) is 0 Å². The van der Waals surface area contributed by atoms with E-state index in [2.05, 4.69) is 4.74 Å². The van der Waals surface area contributed by atoms with Crippen LogP contribution in [0.25, 0.3) is 0 Å². The Morgan fingerprint density at radius 2 is 1.50 bits per heavy atom. The molecule has 1 aliphatic rings. The molecule has 1 aliphatic heterocycles. The van der Waals surface area contributed by atoms with Crippen LogP contribution >= 0.6 is 0 Å². The zero-order valence-corrected chi connectivity index (χ0v) is 6.24. The van der Waals surface area contributed by atoms with Crippen LogP contribution in [0, 0.1) is 0 Å². The lowest BCUT2D eigenvalue weighted by Crippen LogP contribution is -2.58. The first-order valence-corrected chi connectivity index (χ1v) is 3.56. The van der Waals surface area contributed by atoms with Gasteiger partial charge in [0.15, 0.2) is 6.29 Å². The average molecular weight is 180 g/mol. The van der Waals surface area contributed by atoms with E-state index >= 15 is 0 Å². The molecule has 6 heteroatoms. The molecule has 1 fully saturated rings. The highest BCUT2D eigenvalue weighted by Gasteiger charge is 2.42. The first kappa shape index (κ1) is 9.85. The minimum Gasteiger partial charge on any atom is -0.394 e. The number of hydrogen-bond donors (Lipinski definition) is 5. The summed E-state index contributed by atoms with van der Waals surface area (Å²) in [4.78, 5) is 0. The fourth-order valence-corrected chi connectivity index (χ4v) is 1.08. The van der Waals surface area contributed by atoms with Gasteiger partial charge in [-0.15, -0.1) is 0 Å². The molecular formula is C6H12O6. The van der Waals surface area contributed by atoms with Crippen molar-refractivity contribution < 1.29 is 30.3 Å². The minimum atomic E-state index is -1.57. The first-order chi connectivity index (χ1) is 5.57. The lowest BCUT2D eigenvalue weighted by Gasteiger charge is -2.37. The standard InChI is InChI=1S/C6H12O6/c7-1-2-3(8)4(9)5(10)6(11)12-2/h2-11H,1H2/t2?,3-,4?,5+,6?/m0/s1. The van der Waals surface area contributed by atoms with Crippen molar-refractivity contribution in [3.8, 4) is 0 Å². The molecule has 0 bridgehead atoms. The molecule has 0 amide bonds. The fourth-order valence-electron chi connectivity index (χ4n) is 1.08. The van der Waals surface area contributed by atoms with Crippen molar-refractivity contribution in [2.45, 2.75) is 30.7 Å². The Kier molecular flexibility index (Phi) is 2.99. The molecule has 6 nitrogen and oxygen atoms in total. The van der Waals surface area contributed by atoms with Crippen LogP contribution in [-0.2, 0) is 4.74 Å². The SMILES string of the molecule is OCC1OC(O)[C@H](O)C(O)[C@H]1O. The van der Waals surface area contributed by atoms with E-state index in [0.29, 0.717) is 0 Å². The normalized spacial score (nSPS) is 49.2. The predicted octanol–water partition coefficient (Wildman–Crippen LogP) is -3.22. The summed E-state index contributed by atoms with van der Waals surface area (Å²) in [6.07, 6.45) is -7.04. The third-order valence-electron chi connectivity index (χ3n) is 1.87. The van der Waals surface area contributed by atoms with Crippen LogP contribution in [0.15, 0.2) is 0 Å². The second-order valence-corrected chi connectivity index (χ2v) is 2.72. The van der Waals surface area contributed by atoms with E-state index in [1.165, 1.54) is 0 Å². The highest BCUT2D eigenvalue weighted by molar-refractivity contribution is 4.87. The molecule has 12 heavy (non-hydrogen) atoms. The Morgan fingerprint density at radius 1 is 0.917 bits per heavy atom. The maximum absolute atomic E-state index is 9.12. The number of ether oxygens (including phenoxy) is 1. The summed E-state index contributed by atoms with van der Waals surface area (Å²) >= 11 is 0. The monoisotopic (exact) mass is 180 g/mol. The molecule has 0 aromatic rings. The third kappa shape index (κ3) is 1.58. The molecule has 3 unspecified atom stereocenters. The van der Waals surface area contributed by atoms with Gasteiger partial charge in [-0.05, 0) is 0 Å². The summed E-state index contributed by atoms with van der Waals surface area (Å²) in [5.74, 6) is 0. The molecule has 0 aromatic carbocycles. The van der Waals surface area contributed by atoms with Gasteiger partial charge in [0, 0.05) is 0 Å². The summed E-state index contributed by atoms with van der Waals surface area (Å²) < 4.78 is 4.58. The van der Waals surface area contributed by atoms with Crippen molar-refractivity contribution in [3.63, 3.8) is 0 Å². The Morgan fingerprint density at radius 3 is 2.00 bits per heavy atom. The van der Waals surface area contributed by atoms with E-state index in [-0.39, 0.29) is 0 Å². The van der Waals surface area contributed by atoms with Gasteiger partial charge in [-0.25, -0.2) is 0 Å². The molecule has 1 heterocycles. The highest BCUT2D eigenvalue weighted by Crippen LogP contribution is 2.18. The van der Waals surface area contributed by atoms with E-state index < -0.39 is 37.3 Å². The van der Waals surface area contributed by atoms with E-state index in [1.807, 2.05) is 0 Å². The Balaban J connectivity index is 2.63. The van der Waals surface area contributed by atoms with Gasteiger partial charge in [0.25, 0.3) is 0 Å². The van der Waals surface area contributed by atoms with Crippen LogP contribution in [0.1, 0.15) is 0 Å². The molecule has 0 saturated carbocycles. The van der Waals surface area contributed by atoms with E-state index in [0.717, 1.165) is 0 Å². The summed E-state index contributed by atoms with van der Waals surface area (Å²) in [5, 5.41) is 44.7. The van der Waals surface area contributed by atoms with Gasteiger partial charge in [0.2, 0.25) is 0 Å². The van der Waals surface area contributed by atoms with Crippen LogP contribution in [0.2, 0.25) is 0 Å². The van der Waals surface area contributed by atoms with Crippen molar-refractivity contribution in [2.75, 3.05) is 6.61 Å². The summed E-state index contributed by atoms with van der Waals surface area (Å²) in [6.45, 7) is -0.526. The van der Waals surface area contributed by atoms with Crippen LogP contribution in [0.5, 0.6) is 0 Å². The van der Waals surface area contributed by atoms with Crippen molar-refractivity contribution >= 4 is 0 Å². The van der Waals surface area contributed by atoms with Crippen molar-refractivity contribution in [1.29, 1.82) is 0 Å². The maximum atomic E-state index is 9.12. The number of aliphatic hydroxyl groups is 5. The average Bonchev–Trinajstić information content (AvgIpc) is 2.08. The molecule has 1 saturated heterocycles. The molecule has 0 aliphatic carbocycles. The van der Waals surface area contributed by atoms with Crippen LogP contribution in [0.3, 0.4) is 0 Å². The lowest BCUT2D eigenvalue weighted by atomic mass is 10.00. The van der Waals surface area contributed by atoms with Crippen molar-refractivity contribution in [3.05, 3.63) is 0 Å². The second-order valence-electron chi connectivity index (χ2n) is 2.72. The Labute approximate surface area is 68.6 Å². The van der Waals surface area contributed by atoms with Crippen molar-refractivity contribution in [2.24, 2.45) is 0 Å². The Hall–Kier alpha value is -0.240. The summed E-state index contributed by atoms with van der Waals surface area (Å²) in [7, 11) is 0. The molecule has 0 radical (unpaired) electrons. The van der Waals surface area contributed by atoms with Gasteiger partial charge < -0.3 is 30.3 Å². The zero-order chi connectivity index (χ0) is 9.30. The van der Waals surface area contributed by atoms with Gasteiger partial charge in [-0.1, -0.05) is 0 Å². The second kappa shape index (κ2) is 3.65. The van der Waals surface area contributed by atoms with Gasteiger partial charge in [0.05, 0.1) is 6.61 Å². The number of rotatable bonds is 1. The fraction of sp³-hybridized carbons (Fsp3) is 1.00. The molecule has 0 spiro atoms. The van der Waals surface area contributed by atoms with E-state index in [9.17, 15) is 0 Å². The zero-order valence-electron chi connectivity index (χ0n) is 6.24. The summed E-state index contributed by atoms with van der Waals surface area (Å²) in [5.41, 5.74) is 0. The van der Waals surface area contributed by atoms with Crippen LogP contribution in [-0.4, -0.2) is 62.8 Å². The lowest BCUT2D eigenvalue weighted by molar-refractivity contribution is -0.286. The predicted molar refractivity (Wildman–Crippen MR) is 36.0 cm³/mol. The maximum Gasteiger partial charge on any atom is 0.184 e. The largest absolute Gasteiger partial charge is 0.394 e. The molecule has 1 rings (SSSR count). The van der Waals surface area contributed by atoms with Gasteiger partial charge in [-0.3, -0.25) is 0 Å². The van der Waals surface area contributed by atoms with Crippen LogP contribution in [0.4, 0.5) is 0 Å². The van der Waals surface area contributed by atoms with Crippen LogP contribution < -0.4 is 0 Å². The smallest absolute Gasteiger partial charge is 0.184 e. The topological polar surface area (TPSA) is 110 Å². The number of hydrogen-bond acceptors (Lipinski definition) is 6.